The average molecular weight is 250 g/mol. The third-order valence-corrected chi connectivity index (χ3v) is 2.71. The zero-order valence-corrected chi connectivity index (χ0v) is 11.0. The molecule has 0 heterocycles. The molecule has 0 aromatic heterocycles. The second-order valence-electron chi connectivity index (χ2n) is 4.17. The van der Waals surface area contributed by atoms with Crippen LogP contribution in [0.4, 0.5) is 0 Å². The zero-order chi connectivity index (χ0) is 12.8. The molecule has 0 spiro atoms. The van der Waals surface area contributed by atoms with Crippen LogP contribution >= 0.6 is 12.2 Å². The second kappa shape index (κ2) is 6.35. The van der Waals surface area contributed by atoms with Gasteiger partial charge in [0.15, 0.2) is 0 Å². The molecule has 1 aromatic carbocycles. The number of carbonyl (C=O) groups excluding carboxylic acids is 1. The van der Waals surface area contributed by atoms with Crippen molar-refractivity contribution in [1.82, 2.24) is 4.90 Å². The van der Waals surface area contributed by atoms with Gasteiger partial charge in [-0.15, -0.1) is 0 Å². The van der Waals surface area contributed by atoms with E-state index in [-0.39, 0.29) is 11.9 Å². The number of rotatable bonds is 5. The van der Waals surface area contributed by atoms with Crippen LogP contribution in [0.25, 0.3) is 0 Å². The van der Waals surface area contributed by atoms with Gasteiger partial charge in [0.25, 0.3) is 5.91 Å². The van der Waals surface area contributed by atoms with Crippen molar-refractivity contribution in [3.63, 3.8) is 0 Å². The Morgan fingerprint density at radius 2 is 1.94 bits per heavy atom. The minimum Gasteiger partial charge on any atom is -0.393 e. The number of nitrogens with two attached hydrogens (primary N) is 1. The van der Waals surface area contributed by atoms with E-state index >= 15 is 0 Å². The van der Waals surface area contributed by atoms with E-state index in [1.165, 1.54) is 0 Å². The smallest absolute Gasteiger partial charge is 0.254 e. The lowest BCUT2D eigenvalue weighted by Crippen LogP contribution is -2.38. The maximum absolute atomic E-state index is 12.2. The summed E-state index contributed by atoms with van der Waals surface area (Å²) in [5, 5.41) is 0. The molecule has 4 heteroatoms. The van der Waals surface area contributed by atoms with Crippen molar-refractivity contribution >= 4 is 23.1 Å². The highest BCUT2D eigenvalue weighted by Crippen LogP contribution is 2.09. The number of benzene rings is 1. The van der Waals surface area contributed by atoms with Gasteiger partial charge >= 0.3 is 0 Å². The molecule has 92 valence electrons. The molecule has 17 heavy (non-hydrogen) atoms. The van der Waals surface area contributed by atoms with Gasteiger partial charge in [0, 0.05) is 24.6 Å². The molecule has 0 atom stereocenters. The molecular weight excluding hydrogens is 232 g/mol. The molecule has 0 saturated carbocycles. The fraction of sp³-hybridized carbons (Fsp3) is 0.385. The highest BCUT2D eigenvalue weighted by molar-refractivity contribution is 7.80. The van der Waals surface area contributed by atoms with E-state index < -0.39 is 0 Å². The summed E-state index contributed by atoms with van der Waals surface area (Å²) in [6.45, 7) is 4.54. The lowest BCUT2D eigenvalue weighted by atomic mass is 10.1. The molecule has 0 saturated heterocycles. The summed E-state index contributed by atoms with van der Waals surface area (Å²) in [5.41, 5.74) is 6.17. The third-order valence-electron chi connectivity index (χ3n) is 2.50. The number of nitrogens with zero attached hydrogens (tertiary/aromatic N) is 1. The van der Waals surface area contributed by atoms with E-state index in [2.05, 4.69) is 0 Å². The molecule has 0 aliphatic carbocycles. The minimum atomic E-state index is 0.0249. The fourth-order valence-electron chi connectivity index (χ4n) is 1.57. The normalized spacial score (nSPS) is 10.3. The summed E-state index contributed by atoms with van der Waals surface area (Å²) < 4.78 is 0. The zero-order valence-electron chi connectivity index (χ0n) is 10.2. The molecule has 0 unspecified atom stereocenters. The number of amides is 1. The van der Waals surface area contributed by atoms with Gasteiger partial charge in [-0.1, -0.05) is 30.4 Å². The summed E-state index contributed by atoms with van der Waals surface area (Å²) in [5.74, 6) is 0.0249. The van der Waals surface area contributed by atoms with Gasteiger partial charge in [-0.25, -0.2) is 0 Å². The standard InChI is InChI=1S/C13H18N2OS/c1-10(2)15(9-8-12(14)17)13(16)11-6-4-3-5-7-11/h3-7,10H,8-9H2,1-2H3,(H2,14,17). The Balaban J connectivity index is 2.77. The Labute approximate surface area is 108 Å². The number of hydrogen-bond donors (Lipinski definition) is 1. The monoisotopic (exact) mass is 250 g/mol. The Kier molecular flexibility index (Phi) is 5.10. The molecule has 1 amide bonds. The Morgan fingerprint density at radius 1 is 1.35 bits per heavy atom. The first-order chi connectivity index (χ1) is 8.02. The van der Waals surface area contributed by atoms with Crippen LogP contribution < -0.4 is 5.73 Å². The van der Waals surface area contributed by atoms with Crippen LogP contribution in [0.15, 0.2) is 30.3 Å². The molecule has 3 nitrogen and oxygen atoms in total. The van der Waals surface area contributed by atoms with Gasteiger partial charge < -0.3 is 10.6 Å². The molecule has 0 bridgehead atoms. The summed E-state index contributed by atoms with van der Waals surface area (Å²) in [6.07, 6.45) is 0.562. The van der Waals surface area contributed by atoms with Crippen molar-refractivity contribution in [2.24, 2.45) is 5.73 Å². The first-order valence-corrected chi connectivity index (χ1v) is 6.07. The highest BCUT2D eigenvalue weighted by Gasteiger charge is 2.18. The molecule has 2 N–H and O–H groups in total. The van der Waals surface area contributed by atoms with E-state index in [9.17, 15) is 4.79 Å². The molecule has 0 radical (unpaired) electrons. The molecule has 1 rings (SSSR count). The quantitative estimate of drug-likeness (QED) is 0.815. The van der Waals surface area contributed by atoms with Crippen molar-refractivity contribution < 1.29 is 4.79 Å². The van der Waals surface area contributed by atoms with Crippen LogP contribution in [-0.2, 0) is 0 Å². The summed E-state index contributed by atoms with van der Waals surface area (Å²) >= 11 is 4.84. The molecule has 0 fully saturated rings. The molecular formula is C13H18N2OS. The van der Waals surface area contributed by atoms with Gasteiger partial charge in [0.1, 0.15) is 0 Å². The Hall–Kier alpha value is -1.42. The maximum atomic E-state index is 12.2. The lowest BCUT2D eigenvalue weighted by Gasteiger charge is -2.26. The number of thiocarbonyl (C=S) groups is 1. The van der Waals surface area contributed by atoms with Gasteiger partial charge in [-0.2, -0.15) is 0 Å². The van der Waals surface area contributed by atoms with Crippen molar-refractivity contribution in [3.8, 4) is 0 Å². The number of hydrogen-bond acceptors (Lipinski definition) is 2. The Morgan fingerprint density at radius 3 is 2.41 bits per heavy atom. The van der Waals surface area contributed by atoms with Crippen molar-refractivity contribution in [2.45, 2.75) is 26.3 Å². The van der Waals surface area contributed by atoms with Crippen molar-refractivity contribution in [1.29, 1.82) is 0 Å². The summed E-state index contributed by atoms with van der Waals surface area (Å²) in [4.78, 5) is 14.5. The van der Waals surface area contributed by atoms with E-state index in [0.29, 0.717) is 23.5 Å². The van der Waals surface area contributed by atoms with Gasteiger partial charge in [-0.3, -0.25) is 4.79 Å². The van der Waals surface area contributed by atoms with Crippen LogP contribution in [0.3, 0.4) is 0 Å². The lowest BCUT2D eigenvalue weighted by molar-refractivity contribution is 0.0711. The van der Waals surface area contributed by atoms with E-state index in [0.717, 1.165) is 0 Å². The summed E-state index contributed by atoms with van der Waals surface area (Å²) in [6, 6.07) is 9.39. The number of carbonyl (C=O) groups is 1. The van der Waals surface area contributed by atoms with Crippen molar-refractivity contribution in [3.05, 3.63) is 35.9 Å². The highest BCUT2D eigenvalue weighted by atomic mass is 32.1. The van der Waals surface area contributed by atoms with Gasteiger partial charge in [0.2, 0.25) is 0 Å². The SMILES string of the molecule is CC(C)N(CCC(N)=S)C(=O)c1ccccc1. The van der Waals surface area contributed by atoms with Crippen LogP contribution in [-0.4, -0.2) is 28.4 Å². The summed E-state index contributed by atoms with van der Waals surface area (Å²) in [7, 11) is 0. The fourth-order valence-corrected chi connectivity index (χ4v) is 1.66. The predicted molar refractivity (Wildman–Crippen MR) is 74.0 cm³/mol. The molecule has 0 aliphatic heterocycles. The van der Waals surface area contributed by atoms with Crippen molar-refractivity contribution in [2.75, 3.05) is 6.54 Å². The van der Waals surface area contributed by atoms with E-state index in [1.807, 2.05) is 44.2 Å². The third kappa shape index (κ3) is 4.15. The predicted octanol–water partition coefficient (Wildman–Crippen LogP) is 2.21. The Bertz CT molecular complexity index is 390. The maximum Gasteiger partial charge on any atom is 0.254 e. The first kappa shape index (κ1) is 13.6. The second-order valence-corrected chi connectivity index (χ2v) is 4.70. The molecule has 0 aliphatic rings. The first-order valence-electron chi connectivity index (χ1n) is 5.66. The largest absolute Gasteiger partial charge is 0.393 e. The van der Waals surface area contributed by atoms with E-state index in [4.69, 9.17) is 18.0 Å². The van der Waals surface area contributed by atoms with Gasteiger partial charge in [0.05, 0.1) is 4.99 Å². The minimum absolute atomic E-state index is 0.0249. The van der Waals surface area contributed by atoms with Crippen LogP contribution in [0.5, 0.6) is 0 Å². The van der Waals surface area contributed by atoms with Crippen LogP contribution in [0.1, 0.15) is 30.6 Å². The van der Waals surface area contributed by atoms with Crippen LogP contribution in [0, 0.1) is 0 Å². The topological polar surface area (TPSA) is 46.3 Å². The molecule has 1 aromatic rings. The van der Waals surface area contributed by atoms with E-state index in [1.54, 1.807) is 4.90 Å². The average Bonchev–Trinajstić information content (AvgIpc) is 2.29. The van der Waals surface area contributed by atoms with Gasteiger partial charge in [-0.05, 0) is 26.0 Å². The van der Waals surface area contributed by atoms with Crippen LogP contribution in [0.2, 0.25) is 0 Å².